The number of amides is 1. The van der Waals surface area contributed by atoms with E-state index >= 15 is 0 Å². The summed E-state index contributed by atoms with van der Waals surface area (Å²) in [4.78, 5) is 12.4. The standard InChI is InChI=1S/C19H19BrF3NO4/c1-3-28-17-14(20)8-11(9-16(17)27-2)18(26)24-10-15(25)12-6-4-5-7-13(12)19(21,22)23/h4-9,15,25H,3,10H2,1-2H3,(H,24,26)/t15-/m0/s1. The molecule has 0 aliphatic rings. The van der Waals surface area contributed by atoms with Gasteiger partial charge in [-0.05, 0) is 46.6 Å². The van der Waals surface area contributed by atoms with Crippen LogP contribution >= 0.6 is 15.9 Å². The number of methoxy groups -OCH3 is 1. The maximum Gasteiger partial charge on any atom is 0.416 e. The number of carbonyl (C=O) groups is 1. The normalized spacial score (nSPS) is 12.4. The van der Waals surface area contributed by atoms with Gasteiger partial charge in [0.05, 0.1) is 29.9 Å². The summed E-state index contributed by atoms with van der Waals surface area (Å²) in [6.45, 7) is 1.80. The van der Waals surface area contributed by atoms with E-state index in [-0.39, 0.29) is 17.7 Å². The molecular formula is C19H19BrF3NO4. The number of ether oxygens (including phenoxy) is 2. The number of rotatable bonds is 7. The van der Waals surface area contributed by atoms with Crippen molar-refractivity contribution < 1.29 is 32.5 Å². The second kappa shape index (κ2) is 9.29. The van der Waals surface area contributed by atoms with Crippen molar-refractivity contribution in [3.63, 3.8) is 0 Å². The molecule has 28 heavy (non-hydrogen) atoms. The Labute approximate surface area is 168 Å². The molecule has 0 unspecified atom stereocenters. The van der Waals surface area contributed by atoms with Crippen molar-refractivity contribution in [1.82, 2.24) is 5.32 Å². The molecular weight excluding hydrogens is 443 g/mol. The van der Waals surface area contributed by atoms with E-state index in [4.69, 9.17) is 9.47 Å². The van der Waals surface area contributed by atoms with Gasteiger partial charge in [-0.1, -0.05) is 18.2 Å². The van der Waals surface area contributed by atoms with E-state index < -0.39 is 23.8 Å². The van der Waals surface area contributed by atoms with E-state index in [9.17, 15) is 23.1 Å². The van der Waals surface area contributed by atoms with Crippen molar-refractivity contribution in [2.45, 2.75) is 19.2 Å². The molecule has 0 aliphatic heterocycles. The van der Waals surface area contributed by atoms with Gasteiger partial charge in [-0.3, -0.25) is 4.79 Å². The molecule has 5 nitrogen and oxygen atoms in total. The third-order valence-corrected chi connectivity index (χ3v) is 4.45. The van der Waals surface area contributed by atoms with Gasteiger partial charge < -0.3 is 19.9 Å². The minimum atomic E-state index is -4.60. The fourth-order valence-electron chi connectivity index (χ4n) is 2.58. The number of carbonyl (C=O) groups excluding carboxylic acids is 1. The number of hydrogen-bond acceptors (Lipinski definition) is 4. The van der Waals surface area contributed by atoms with Crippen molar-refractivity contribution in [2.24, 2.45) is 0 Å². The van der Waals surface area contributed by atoms with Gasteiger partial charge in [0, 0.05) is 12.1 Å². The molecule has 0 fully saturated rings. The van der Waals surface area contributed by atoms with Gasteiger partial charge in [-0.15, -0.1) is 0 Å². The largest absolute Gasteiger partial charge is 0.493 e. The lowest BCUT2D eigenvalue weighted by atomic mass is 10.0. The molecule has 1 amide bonds. The molecule has 9 heteroatoms. The van der Waals surface area contributed by atoms with Crippen LogP contribution in [-0.4, -0.2) is 31.3 Å². The first-order chi connectivity index (χ1) is 13.2. The molecule has 2 rings (SSSR count). The Morgan fingerprint density at radius 2 is 1.96 bits per heavy atom. The van der Waals surface area contributed by atoms with Crippen LogP contribution in [-0.2, 0) is 6.18 Å². The summed E-state index contributed by atoms with van der Waals surface area (Å²) in [7, 11) is 1.42. The highest BCUT2D eigenvalue weighted by Crippen LogP contribution is 2.37. The second-order valence-corrected chi connectivity index (χ2v) is 6.59. The summed E-state index contributed by atoms with van der Waals surface area (Å²) in [6.07, 6.45) is -6.12. The highest BCUT2D eigenvalue weighted by atomic mass is 79.9. The number of aliphatic hydroxyl groups excluding tert-OH is 1. The minimum absolute atomic E-state index is 0.198. The van der Waals surface area contributed by atoms with Crippen molar-refractivity contribution in [2.75, 3.05) is 20.3 Å². The zero-order valence-electron chi connectivity index (χ0n) is 15.1. The van der Waals surface area contributed by atoms with Crippen LogP contribution < -0.4 is 14.8 Å². The maximum atomic E-state index is 13.1. The number of hydrogen-bond donors (Lipinski definition) is 2. The van der Waals surface area contributed by atoms with E-state index in [2.05, 4.69) is 21.2 Å². The molecule has 1 atom stereocenters. The summed E-state index contributed by atoms with van der Waals surface area (Å²) < 4.78 is 50.4. The van der Waals surface area contributed by atoms with Gasteiger partial charge in [0.15, 0.2) is 11.5 Å². The first-order valence-electron chi connectivity index (χ1n) is 8.31. The van der Waals surface area contributed by atoms with Crippen LogP contribution in [0.4, 0.5) is 13.2 Å². The predicted molar refractivity (Wildman–Crippen MR) is 101 cm³/mol. The van der Waals surface area contributed by atoms with Gasteiger partial charge in [0.25, 0.3) is 5.91 Å². The Bertz CT molecular complexity index is 842. The first kappa shape index (κ1) is 22.0. The molecule has 0 radical (unpaired) electrons. The van der Waals surface area contributed by atoms with E-state index in [0.717, 1.165) is 6.07 Å². The van der Waals surface area contributed by atoms with Crippen LogP contribution in [0, 0.1) is 0 Å². The molecule has 0 heterocycles. The van der Waals surface area contributed by atoms with Gasteiger partial charge in [0.2, 0.25) is 0 Å². The lowest BCUT2D eigenvalue weighted by Gasteiger charge is -2.18. The predicted octanol–water partition coefficient (Wildman–Crippen LogP) is 4.34. The zero-order valence-corrected chi connectivity index (χ0v) is 16.7. The van der Waals surface area contributed by atoms with E-state index in [1.54, 1.807) is 6.92 Å². The van der Waals surface area contributed by atoms with E-state index in [1.165, 1.54) is 37.4 Å². The van der Waals surface area contributed by atoms with Gasteiger partial charge in [-0.25, -0.2) is 0 Å². The number of aliphatic hydroxyl groups is 1. The molecule has 0 spiro atoms. The van der Waals surface area contributed by atoms with E-state index in [0.29, 0.717) is 22.6 Å². The SMILES string of the molecule is CCOc1c(Br)cc(C(=O)NC[C@H](O)c2ccccc2C(F)(F)F)cc1OC. The van der Waals surface area contributed by atoms with Crippen LogP contribution in [0.3, 0.4) is 0 Å². The zero-order chi connectivity index (χ0) is 20.9. The monoisotopic (exact) mass is 461 g/mol. The Balaban J connectivity index is 2.16. The number of halogens is 4. The van der Waals surface area contributed by atoms with Gasteiger partial charge in [0.1, 0.15) is 0 Å². The highest BCUT2D eigenvalue weighted by molar-refractivity contribution is 9.10. The fourth-order valence-corrected chi connectivity index (χ4v) is 3.14. The lowest BCUT2D eigenvalue weighted by Crippen LogP contribution is -2.29. The van der Waals surface area contributed by atoms with E-state index in [1.807, 2.05) is 0 Å². The summed E-state index contributed by atoms with van der Waals surface area (Å²) in [5.41, 5.74) is -1.05. The third-order valence-electron chi connectivity index (χ3n) is 3.86. The Kier molecular flexibility index (Phi) is 7.31. The molecule has 152 valence electrons. The number of benzene rings is 2. The molecule has 0 aromatic heterocycles. The van der Waals surface area contributed by atoms with Crippen molar-refractivity contribution >= 4 is 21.8 Å². The average molecular weight is 462 g/mol. The van der Waals surface area contributed by atoms with Crippen molar-refractivity contribution in [3.8, 4) is 11.5 Å². The van der Waals surface area contributed by atoms with Crippen LogP contribution in [0.25, 0.3) is 0 Å². The molecule has 0 saturated heterocycles. The molecule has 2 N–H and O–H groups in total. The Hall–Kier alpha value is -2.26. The summed E-state index contributed by atoms with van der Waals surface area (Å²) in [5.74, 6) is 0.176. The van der Waals surface area contributed by atoms with Crippen LogP contribution in [0.5, 0.6) is 11.5 Å². The Morgan fingerprint density at radius 1 is 1.29 bits per heavy atom. The van der Waals surface area contributed by atoms with Crippen LogP contribution in [0.15, 0.2) is 40.9 Å². The smallest absolute Gasteiger partial charge is 0.416 e. The molecule has 2 aromatic rings. The summed E-state index contributed by atoms with van der Waals surface area (Å²) >= 11 is 3.30. The molecule has 0 aliphatic carbocycles. The number of nitrogens with one attached hydrogen (secondary N) is 1. The summed E-state index contributed by atoms with van der Waals surface area (Å²) in [6, 6.07) is 7.64. The first-order valence-corrected chi connectivity index (χ1v) is 9.11. The third kappa shape index (κ3) is 5.17. The fraction of sp³-hybridized carbons (Fsp3) is 0.316. The summed E-state index contributed by atoms with van der Waals surface area (Å²) in [5, 5.41) is 12.6. The second-order valence-electron chi connectivity index (χ2n) is 5.73. The van der Waals surface area contributed by atoms with Crippen molar-refractivity contribution in [3.05, 3.63) is 57.6 Å². The lowest BCUT2D eigenvalue weighted by molar-refractivity contribution is -0.139. The molecule has 0 saturated carbocycles. The molecule has 0 bridgehead atoms. The molecule has 2 aromatic carbocycles. The highest BCUT2D eigenvalue weighted by Gasteiger charge is 2.34. The Morgan fingerprint density at radius 3 is 2.57 bits per heavy atom. The maximum absolute atomic E-state index is 13.1. The average Bonchev–Trinajstić information content (AvgIpc) is 2.66. The quantitative estimate of drug-likeness (QED) is 0.643. The minimum Gasteiger partial charge on any atom is -0.493 e. The number of alkyl halides is 3. The van der Waals surface area contributed by atoms with Crippen molar-refractivity contribution in [1.29, 1.82) is 0 Å². The van der Waals surface area contributed by atoms with Crippen LogP contribution in [0.1, 0.15) is 34.5 Å². The van der Waals surface area contributed by atoms with Gasteiger partial charge in [-0.2, -0.15) is 13.2 Å². The van der Waals surface area contributed by atoms with Crippen LogP contribution in [0.2, 0.25) is 0 Å². The van der Waals surface area contributed by atoms with Gasteiger partial charge >= 0.3 is 6.18 Å². The topological polar surface area (TPSA) is 67.8 Å².